The molecule has 0 aliphatic carbocycles. The molecule has 2 rings (SSSR count). The molecule has 0 heterocycles. The number of halogens is 1. The highest BCUT2D eigenvalue weighted by Crippen LogP contribution is 2.15. The molecule has 26 heavy (non-hydrogen) atoms. The number of carbonyl (C=O) groups is 1. The Balaban J connectivity index is 2.05. The van der Waals surface area contributed by atoms with Crippen LogP contribution < -0.4 is 4.72 Å². The molecule has 0 unspecified atom stereocenters. The summed E-state index contributed by atoms with van der Waals surface area (Å²) in [5.74, 6) is -0.221. The summed E-state index contributed by atoms with van der Waals surface area (Å²) >= 11 is 5.85. The van der Waals surface area contributed by atoms with Crippen LogP contribution in [-0.4, -0.2) is 32.8 Å². The summed E-state index contributed by atoms with van der Waals surface area (Å²) in [4.78, 5) is 14.1. The minimum Gasteiger partial charge on any atom is -0.337 e. The van der Waals surface area contributed by atoms with E-state index in [-0.39, 0.29) is 23.8 Å². The Kier molecular flexibility index (Phi) is 6.75. The van der Waals surface area contributed by atoms with E-state index in [0.29, 0.717) is 17.1 Å². The Morgan fingerprint density at radius 1 is 1.15 bits per heavy atom. The van der Waals surface area contributed by atoms with Gasteiger partial charge in [-0.05, 0) is 42.0 Å². The van der Waals surface area contributed by atoms with Gasteiger partial charge in [0.25, 0.3) is 5.91 Å². The fourth-order valence-electron chi connectivity index (χ4n) is 2.26. The van der Waals surface area contributed by atoms with E-state index in [0.717, 1.165) is 5.56 Å². The molecule has 0 atom stereocenters. The van der Waals surface area contributed by atoms with Gasteiger partial charge in [-0.3, -0.25) is 4.79 Å². The van der Waals surface area contributed by atoms with E-state index in [1.54, 1.807) is 19.2 Å². The van der Waals surface area contributed by atoms with Gasteiger partial charge in [-0.15, -0.1) is 0 Å². The highest BCUT2D eigenvalue weighted by Gasteiger charge is 2.16. The topological polar surface area (TPSA) is 90.3 Å². The molecule has 0 bridgehead atoms. The lowest BCUT2D eigenvalue weighted by molar-refractivity contribution is 0.0785. The molecule has 0 aliphatic heterocycles. The molecule has 1 amide bonds. The Hall–Kier alpha value is -2.40. The van der Waals surface area contributed by atoms with E-state index in [4.69, 9.17) is 16.9 Å². The van der Waals surface area contributed by atoms with Crippen molar-refractivity contribution in [2.45, 2.75) is 17.9 Å². The van der Waals surface area contributed by atoms with Crippen LogP contribution in [0.4, 0.5) is 0 Å². The van der Waals surface area contributed by atoms with Gasteiger partial charge in [-0.1, -0.05) is 23.7 Å². The number of rotatable bonds is 7. The second kappa shape index (κ2) is 8.81. The molecule has 0 aromatic heterocycles. The van der Waals surface area contributed by atoms with Crippen molar-refractivity contribution in [2.24, 2.45) is 0 Å². The SMILES string of the molecule is CN(Cc1ccc(Cl)cc1)C(=O)c1ccc(S(=O)(=O)NCCC#N)cc1. The number of hydrogen-bond donors (Lipinski definition) is 1. The molecule has 0 saturated heterocycles. The molecule has 2 aromatic carbocycles. The molecule has 0 fully saturated rings. The number of benzene rings is 2. The van der Waals surface area contributed by atoms with Crippen molar-refractivity contribution in [3.63, 3.8) is 0 Å². The number of sulfonamides is 1. The van der Waals surface area contributed by atoms with Gasteiger partial charge in [0, 0.05) is 37.1 Å². The van der Waals surface area contributed by atoms with Gasteiger partial charge in [-0.25, -0.2) is 13.1 Å². The van der Waals surface area contributed by atoms with Gasteiger partial charge in [0.2, 0.25) is 10.0 Å². The normalized spacial score (nSPS) is 11.0. The van der Waals surface area contributed by atoms with Crippen LogP contribution in [-0.2, 0) is 16.6 Å². The smallest absolute Gasteiger partial charge is 0.253 e. The van der Waals surface area contributed by atoms with Crippen molar-refractivity contribution in [3.8, 4) is 6.07 Å². The van der Waals surface area contributed by atoms with E-state index in [1.807, 2.05) is 18.2 Å². The highest BCUT2D eigenvalue weighted by atomic mass is 35.5. The minimum atomic E-state index is -3.69. The Morgan fingerprint density at radius 2 is 1.77 bits per heavy atom. The van der Waals surface area contributed by atoms with Gasteiger partial charge in [-0.2, -0.15) is 5.26 Å². The summed E-state index contributed by atoms with van der Waals surface area (Å²) in [5, 5.41) is 9.10. The maximum absolute atomic E-state index is 12.5. The molecule has 0 saturated carbocycles. The summed E-state index contributed by atoms with van der Waals surface area (Å²) < 4.78 is 26.5. The van der Waals surface area contributed by atoms with Crippen LogP contribution in [0.3, 0.4) is 0 Å². The Labute approximate surface area is 158 Å². The fraction of sp³-hybridized carbons (Fsp3) is 0.222. The first-order chi connectivity index (χ1) is 12.3. The number of carbonyl (C=O) groups excluding carboxylic acids is 1. The average Bonchev–Trinajstić information content (AvgIpc) is 2.63. The maximum Gasteiger partial charge on any atom is 0.253 e. The van der Waals surface area contributed by atoms with E-state index < -0.39 is 10.0 Å². The summed E-state index contributed by atoms with van der Waals surface area (Å²) in [6, 6.07) is 14.8. The first-order valence-electron chi connectivity index (χ1n) is 7.80. The van der Waals surface area contributed by atoms with Crippen molar-refractivity contribution in [1.29, 1.82) is 5.26 Å². The van der Waals surface area contributed by atoms with Gasteiger partial charge in [0.05, 0.1) is 11.0 Å². The van der Waals surface area contributed by atoms with Crippen LogP contribution in [0, 0.1) is 11.3 Å². The largest absolute Gasteiger partial charge is 0.337 e. The molecule has 6 nitrogen and oxygen atoms in total. The van der Waals surface area contributed by atoms with Crippen LogP contribution in [0.25, 0.3) is 0 Å². The predicted molar refractivity (Wildman–Crippen MR) is 99.1 cm³/mol. The molecule has 136 valence electrons. The number of nitrogens with zero attached hydrogens (tertiary/aromatic N) is 2. The molecular formula is C18H18ClN3O3S. The third-order valence-corrected chi connectivity index (χ3v) is 5.35. The summed E-state index contributed by atoms with van der Waals surface area (Å²) in [5.41, 5.74) is 1.32. The summed E-state index contributed by atoms with van der Waals surface area (Å²) in [7, 11) is -2.01. The molecular weight excluding hydrogens is 374 g/mol. The Bertz CT molecular complexity index is 904. The van der Waals surface area contributed by atoms with Crippen molar-refractivity contribution in [3.05, 3.63) is 64.7 Å². The standard InChI is InChI=1S/C18H18ClN3O3S/c1-22(13-14-3-7-16(19)8-4-14)18(23)15-5-9-17(10-6-15)26(24,25)21-12-2-11-20/h3-10,21H,2,12-13H2,1H3. The third kappa shape index (κ3) is 5.30. The number of hydrogen-bond acceptors (Lipinski definition) is 4. The lowest BCUT2D eigenvalue weighted by atomic mass is 10.1. The van der Waals surface area contributed by atoms with Crippen molar-refractivity contribution in [2.75, 3.05) is 13.6 Å². The summed E-state index contributed by atoms with van der Waals surface area (Å²) in [6.45, 7) is 0.453. The lowest BCUT2D eigenvalue weighted by Crippen LogP contribution is -2.27. The minimum absolute atomic E-state index is 0.0450. The van der Waals surface area contributed by atoms with Crippen LogP contribution >= 0.6 is 11.6 Å². The molecule has 1 N–H and O–H groups in total. The van der Waals surface area contributed by atoms with E-state index in [1.165, 1.54) is 29.2 Å². The fourth-order valence-corrected chi connectivity index (χ4v) is 3.41. The molecule has 0 spiro atoms. The highest BCUT2D eigenvalue weighted by molar-refractivity contribution is 7.89. The quantitative estimate of drug-likeness (QED) is 0.735. The van der Waals surface area contributed by atoms with E-state index >= 15 is 0 Å². The monoisotopic (exact) mass is 391 g/mol. The summed E-state index contributed by atoms with van der Waals surface area (Å²) in [6.07, 6.45) is 0.0886. The molecule has 0 aliphatic rings. The zero-order valence-electron chi connectivity index (χ0n) is 14.1. The third-order valence-electron chi connectivity index (χ3n) is 3.62. The second-order valence-electron chi connectivity index (χ2n) is 5.62. The van der Waals surface area contributed by atoms with Gasteiger partial charge in [0.1, 0.15) is 0 Å². The molecule has 2 aromatic rings. The van der Waals surface area contributed by atoms with Crippen LogP contribution in [0.15, 0.2) is 53.4 Å². The van der Waals surface area contributed by atoms with E-state index in [9.17, 15) is 13.2 Å². The number of amides is 1. The second-order valence-corrected chi connectivity index (χ2v) is 7.82. The van der Waals surface area contributed by atoms with Gasteiger partial charge < -0.3 is 4.90 Å². The average molecular weight is 392 g/mol. The zero-order chi connectivity index (χ0) is 19.2. The first-order valence-corrected chi connectivity index (χ1v) is 9.66. The zero-order valence-corrected chi connectivity index (χ0v) is 15.7. The number of nitriles is 1. The maximum atomic E-state index is 12.5. The van der Waals surface area contributed by atoms with Gasteiger partial charge in [0.15, 0.2) is 0 Å². The first kappa shape index (κ1) is 19.9. The molecule has 0 radical (unpaired) electrons. The molecule has 8 heteroatoms. The van der Waals surface area contributed by atoms with Crippen molar-refractivity contribution in [1.82, 2.24) is 9.62 Å². The van der Waals surface area contributed by atoms with Gasteiger partial charge >= 0.3 is 0 Å². The number of nitrogens with one attached hydrogen (secondary N) is 1. The predicted octanol–water partition coefficient (Wildman–Crippen LogP) is 2.80. The van der Waals surface area contributed by atoms with Crippen LogP contribution in [0.5, 0.6) is 0 Å². The van der Waals surface area contributed by atoms with Crippen LogP contribution in [0.1, 0.15) is 22.3 Å². The lowest BCUT2D eigenvalue weighted by Gasteiger charge is -2.17. The van der Waals surface area contributed by atoms with Crippen molar-refractivity contribution >= 4 is 27.5 Å². The van der Waals surface area contributed by atoms with E-state index in [2.05, 4.69) is 4.72 Å². The van der Waals surface area contributed by atoms with Crippen LogP contribution in [0.2, 0.25) is 5.02 Å². The Morgan fingerprint density at radius 3 is 2.35 bits per heavy atom. The van der Waals surface area contributed by atoms with Crippen molar-refractivity contribution < 1.29 is 13.2 Å².